The van der Waals surface area contributed by atoms with Gasteiger partial charge >= 0.3 is 0 Å². The van der Waals surface area contributed by atoms with E-state index in [2.05, 4.69) is 6.07 Å². The Morgan fingerprint density at radius 3 is 2.64 bits per heavy atom. The van der Waals surface area contributed by atoms with Gasteiger partial charge in [-0.25, -0.2) is 0 Å². The van der Waals surface area contributed by atoms with Gasteiger partial charge in [-0.3, -0.25) is 4.79 Å². The minimum atomic E-state index is -0.373. The molecule has 0 aromatic heterocycles. The number of carbonyl (C=O) groups excluding carboxylic acids is 1. The summed E-state index contributed by atoms with van der Waals surface area (Å²) in [4.78, 5) is 14.9. The van der Waals surface area contributed by atoms with Crippen molar-refractivity contribution in [2.24, 2.45) is 29.1 Å². The van der Waals surface area contributed by atoms with Gasteiger partial charge in [-0.15, -0.1) is 0 Å². The predicted octanol–water partition coefficient (Wildman–Crippen LogP) is 2.33. The fraction of sp³-hybridized carbons (Fsp3) is 0.696. The maximum Gasteiger partial charge on any atom is 0.223 e. The molecule has 3 N–H and O–H groups in total. The highest BCUT2D eigenvalue weighted by atomic mass is 16.3. The van der Waals surface area contributed by atoms with Gasteiger partial charge in [-0.2, -0.15) is 0 Å². The van der Waals surface area contributed by atoms with E-state index in [4.69, 9.17) is 0 Å². The van der Waals surface area contributed by atoms with Crippen molar-refractivity contribution in [1.29, 1.82) is 0 Å². The summed E-state index contributed by atoms with van der Waals surface area (Å²) in [7, 11) is 0. The summed E-state index contributed by atoms with van der Waals surface area (Å²) < 4.78 is 0. The minimum absolute atomic E-state index is 0.111. The fourth-order valence-corrected chi connectivity index (χ4v) is 6.96. The number of aliphatic hydroxyl groups is 2. The van der Waals surface area contributed by atoms with E-state index >= 15 is 0 Å². The zero-order chi connectivity index (χ0) is 19.5. The van der Waals surface area contributed by atoms with Crippen LogP contribution in [-0.4, -0.2) is 51.4 Å². The number of amides is 1. The van der Waals surface area contributed by atoms with Crippen LogP contribution in [0, 0.1) is 29.1 Å². The van der Waals surface area contributed by atoms with E-state index in [1.165, 1.54) is 0 Å². The number of aliphatic hydroxyl groups excluding tert-OH is 2. The van der Waals surface area contributed by atoms with Crippen LogP contribution in [0.1, 0.15) is 44.1 Å². The molecule has 3 aliphatic carbocycles. The summed E-state index contributed by atoms with van der Waals surface area (Å²) in [5.74, 6) is 2.26. The summed E-state index contributed by atoms with van der Waals surface area (Å²) in [6.07, 6.45) is 5.95. The molecule has 1 saturated heterocycles. The van der Waals surface area contributed by atoms with Crippen LogP contribution in [0.15, 0.2) is 24.3 Å². The van der Waals surface area contributed by atoms with Gasteiger partial charge in [0, 0.05) is 19.5 Å². The molecule has 152 valence electrons. The first kappa shape index (κ1) is 18.4. The number of phenols is 1. The molecule has 3 bridgehead atoms. The van der Waals surface area contributed by atoms with Gasteiger partial charge in [0.15, 0.2) is 0 Å². The van der Waals surface area contributed by atoms with Crippen molar-refractivity contribution in [3.8, 4) is 5.75 Å². The molecule has 1 aromatic carbocycles. The molecule has 5 nitrogen and oxygen atoms in total. The summed E-state index contributed by atoms with van der Waals surface area (Å²) in [6.45, 7) is 0.915. The second kappa shape index (κ2) is 6.74. The van der Waals surface area contributed by atoms with E-state index < -0.39 is 0 Å². The average Bonchev–Trinajstić information content (AvgIpc) is 2.95. The van der Waals surface area contributed by atoms with Crippen LogP contribution in [-0.2, 0) is 11.2 Å². The highest BCUT2D eigenvalue weighted by Crippen LogP contribution is 2.61. The zero-order valence-electron chi connectivity index (χ0n) is 16.3. The zero-order valence-corrected chi connectivity index (χ0v) is 16.3. The molecule has 1 aromatic rings. The number of benzene rings is 1. The largest absolute Gasteiger partial charge is 0.508 e. The van der Waals surface area contributed by atoms with Gasteiger partial charge in [0.2, 0.25) is 5.91 Å². The summed E-state index contributed by atoms with van der Waals surface area (Å²) >= 11 is 0. The number of β-amino-alcohol motifs (C(OH)–C–C–N with tert-alkyl or cyclic N) is 1. The Morgan fingerprint density at radius 1 is 1.11 bits per heavy atom. The number of aromatic hydroxyl groups is 1. The van der Waals surface area contributed by atoms with Crippen LogP contribution in [0.3, 0.4) is 0 Å². The minimum Gasteiger partial charge on any atom is -0.508 e. The Morgan fingerprint density at radius 2 is 1.89 bits per heavy atom. The Labute approximate surface area is 166 Å². The first-order valence-electron chi connectivity index (χ1n) is 10.9. The van der Waals surface area contributed by atoms with Crippen molar-refractivity contribution < 1.29 is 20.1 Å². The fourth-order valence-electron chi connectivity index (χ4n) is 6.96. The lowest BCUT2D eigenvalue weighted by Gasteiger charge is -2.44. The molecule has 1 heterocycles. The molecule has 1 amide bonds. The van der Waals surface area contributed by atoms with Crippen LogP contribution in [0.25, 0.3) is 0 Å². The van der Waals surface area contributed by atoms with Gasteiger partial charge in [0.05, 0.1) is 12.2 Å². The third kappa shape index (κ3) is 3.03. The van der Waals surface area contributed by atoms with E-state index in [0.29, 0.717) is 43.2 Å². The van der Waals surface area contributed by atoms with Crippen LogP contribution in [0.4, 0.5) is 0 Å². The van der Waals surface area contributed by atoms with E-state index in [1.807, 2.05) is 12.1 Å². The topological polar surface area (TPSA) is 81.0 Å². The first-order valence-corrected chi connectivity index (χ1v) is 10.9. The van der Waals surface area contributed by atoms with E-state index in [9.17, 15) is 20.1 Å². The maximum absolute atomic E-state index is 13.1. The number of rotatable bonds is 4. The number of likely N-dealkylation sites (tertiary alicyclic amines) is 1. The molecule has 6 atom stereocenters. The highest BCUT2D eigenvalue weighted by Gasteiger charge is 2.56. The number of carbonyl (C=O) groups is 1. The third-order valence-corrected chi connectivity index (χ3v) is 8.29. The smallest absolute Gasteiger partial charge is 0.223 e. The number of hydrogen-bond donors (Lipinski definition) is 3. The van der Waals surface area contributed by atoms with E-state index in [0.717, 1.165) is 44.1 Å². The molecule has 5 rings (SSSR count). The SMILES string of the molecule is O=C(CC1(Cc2cccc(O)c2)CCC2CC3CC(CC31)C2O)N1CC(O)C1. The van der Waals surface area contributed by atoms with Crippen LogP contribution in [0.5, 0.6) is 5.75 Å². The van der Waals surface area contributed by atoms with Crippen LogP contribution >= 0.6 is 0 Å². The second-order valence-corrected chi connectivity index (χ2v) is 9.96. The summed E-state index contributed by atoms with van der Waals surface area (Å²) in [5, 5.41) is 30.3. The monoisotopic (exact) mass is 385 g/mol. The molecular formula is C23H31NO4. The lowest BCUT2D eigenvalue weighted by molar-refractivity contribution is -0.145. The summed E-state index contributed by atoms with van der Waals surface area (Å²) in [6, 6.07) is 7.48. The van der Waals surface area contributed by atoms with Crippen LogP contribution < -0.4 is 0 Å². The molecule has 3 saturated carbocycles. The Balaban J connectivity index is 1.47. The Bertz CT molecular complexity index is 761. The number of nitrogens with zero attached hydrogens (tertiary/aromatic N) is 1. The number of hydrogen-bond acceptors (Lipinski definition) is 4. The van der Waals surface area contributed by atoms with Crippen molar-refractivity contribution in [2.45, 2.75) is 57.2 Å². The Kier molecular flexibility index (Phi) is 4.44. The maximum atomic E-state index is 13.1. The average molecular weight is 386 g/mol. The van der Waals surface area contributed by atoms with Gasteiger partial charge < -0.3 is 20.2 Å². The standard InChI is InChI=1S/C23H31NO4/c25-18-3-1-2-14(6-18)10-23(11-21(27)24-12-19(26)13-24)5-4-15-7-16-8-17(22(15)28)9-20(16)23/h1-3,6,15-17,19-20,22,25-26,28H,4-5,7-13H2. The van der Waals surface area contributed by atoms with Crippen molar-refractivity contribution in [2.75, 3.05) is 13.1 Å². The van der Waals surface area contributed by atoms with Crippen molar-refractivity contribution in [3.63, 3.8) is 0 Å². The van der Waals surface area contributed by atoms with Gasteiger partial charge in [-0.1, -0.05) is 12.1 Å². The molecule has 5 heteroatoms. The lowest BCUT2D eigenvalue weighted by Crippen LogP contribution is -2.55. The number of fused-ring (bicyclic) bond motifs is 2. The second-order valence-electron chi connectivity index (χ2n) is 9.96. The molecule has 0 radical (unpaired) electrons. The van der Waals surface area contributed by atoms with Gasteiger partial charge in [0.25, 0.3) is 0 Å². The lowest BCUT2D eigenvalue weighted by atomic mass is 9.63. The van der Waals surface area contributed by atoms with Gasteiger partial charge in [0.1, 0.15) is 5.75 Å². The molecule has 4 fully saturated rings. The normalized spacial score (nSPS) is 39.6. The molecule has 0 spiro atoms. The molecule has 1 aliphatic heterocycles. The predicted molar refractivity (Wildman–Crippen MR) is 104 cm³/mol. The molecule has 4 aliphatic rings. The van der Waals surface area contributed by atoms with E-state index in [-0.39, 0.29) is 29.3 Å². The van der Waals surface area contributed by atoms with Crippen molar-refractivity contribution in [3.05, 3.63) is 29.8 Å². The van der Waals surface area contributed by atoms with Crippen molar-refractivity contribution >= 4 is 5.91 Å². The third-order valence-electron chi connectivity index (χ3n) is 8.29. The Hall–Kier alpha value is -1.59. The van der Waals surface area contributed by atoms with E-state index in [1.54, 1.807) is 11.0 Å². The molecule has 6 unspecified atom stereocenters. The highest BCUT2D eigenvalue weighted by molar-refractivity contribution is 5.78. The molecular weight excluding hydrogens is 354 g/mol. The van der Waals surface area contributed by atoms with Gasteiger partial charge in [-0.05, 0) is 85.3 Å². The van der Waals surface area contributed by atoms with Crippen LogP contribution in [0.2, 0.25) is 0 Å². The first-order chi connectivity index (χ1) is 13.4. The quantitative estimate of drug-likeness (QED) is 0.743. The molecule has 28 heavy (non-hydrogen) atoms. The number of phenolic OH excluding ortho intramolecular Hbond substituents is 1. The summed E-state index contributed by atoms with van der Waals surface area (Å²) in [5.41, 5.74) is 0.984. The van der Waals surface area contributed by atoms with Crippen molar-refractivity contribution in [1.82, 2.24) is 4.90 Å².